The third-order valence-corrected chi connectivity index (χ3v) is 7.44. The maximum atomic E-state index is 12.6. The largest absolute Gasteiger partial charge is 0.325 e. The number of hydrogen-bond donors (Lipinski definition) is 1. The fourth-order valence-corrected chi connectivity index (χ4v) is 5.49. The van der Waals surface area contributed by atoms with Gasteiger partial charge in [0.2, 0.25) is 5.91 Å². The van der Waals surface area contributed by atoms with Crippen molar-refractivity contribution in [1.29, 1.82) is 0 Å². The molecule has 0 bridgehead atoms. The average Bonchev–Trinajstić information content (AvgIpc) is 3.07. The van der Waals surface area contributed by atoms with E-state index in [1.807, 2.05) is 24.3 Å². The summed E-state index contributed by atoms with van der Waals surface area (Å²) in [5.41, 5.74) is 2.10. The normalized spacial score (nSPS) is 22.9. The van der Waals surface area contributed by atoms with E-state index in [2.05, 4.69) is 28.2 Å². The van der Waals surface area contributed by atoms with Crippen LogP contribution in [0.15, 0.2) is 56.9 Å². The second kappa shape index (κ2) is 9.65. The number of amides is 1. The maximum Gasteiger partial charge on any atom is 0.234 e. The van der Waals surface area contributed by atoms with Gasteiger partial charge < -0.3 is 5.32 Å². The molecular weight excluding hydrogens is 517 g/mol. The predicted octanol–water partition coefficient (Wildman–Crippen LogP) is 7.24. The molecule has 0 unspecified atom stereocenters. The van der Waals surface area contributed by atoms with Crippen LogP contribution in [0.5, 0.6) is 0 Å². The number of benzene rings is 2. The minimum absolute atomic E-state index is 0.139. The third kappa shape index (κ3) is 5.72. The molecule has 1 spiro atoms. The summed E-state index contributed by atoms with van der Waals surface area (Å²) in [5.74, 6) is 0.795. The highest BCUT2D eigenvalue weighted by atomic mass is 79.9. The Labute approximate surface area is 205 Å². The lowest BCUT2D eigenvalue weighted by molar-refractivity contribution is -0.113. The van der Waals surface area contributed by atoms with E-state index in [9.17, 15) is 4.79 Å². The lowest BCUT2D eigenvalue weighted by Crippen LogP contribution is -2.28. The van der Waals surface area contributed by atoms with Gasteiger partial charge in [-0.15, -0.1) is 0 Å². The zero-order chi connectivity index (χ0) is 22.0. The first-order chi connectivity index (χ1) is 14.8. The summed E-state index contributed by atoms with van der Waals surface area (Å²) in [4.78, 5) is 22.7. The molecule has 0 aromatic heterocycles. The molecule has 1 heterocycles. The summed E-state index contributed by atoms with van der Waals surface area (Å²) in [6.45, 7) is 2.28. The molecule has 0 atom stereocenters. The van der Waals surface area contributed by atoms with E-state index in [-0.39, 0.29) is 17.3 Å². The molecule has 4 nitrogen and oxygen atoms in total. The first-order valence-electron chi connectivity index (χ1n) is 10.2. The van der Waals surface area contributed by atoms with Crippen LogP contribution < -0.4 is 5.32 Å². The van der Waals surface area contributed by atoms with Gasteiger partial charge in [0.05, 0.1) is 11.5 Å². The molecule has 1 aliphatic heterocycles. The SMILES string of the molecule is CC1CCC2(CC1)N=C(SCC(=O)Nc1cc(Cl)cc(Cl)c1)C(c1ccc(Br)cc1)=N2. The summed E-state index contributed by atoms with van der Waals surface area (Å²) in [5, 5.41) is 4.65. The number of hydrogen-bond acceptors (Lipinski definition) is 4. The number of aliphatic imine (C=N–C) groups is 2. The molecule has 31 heavy (non-hydrogen) atoms. The molecule has 2 aliphatic rings. The van der Waals surface area contributed by atoms with Crippen LogP contribution in [0.25, 0.3) is 0 Å². The monoisotopic (exact) mass is 537 g/mol. The minimum Gasteiger partial charge on any atom is -0.325 e. The summed E-state index contributed by atoms with van der Waals surface area (Å²) in [6, 6.07) is 13.1. The fraction of sp³-hybridized carbons (Fsp3) is 0.348. The molecule has 1 fully saturated rings. The molecule has 0 saturated heterocycles. The molecule has 162 valence electrons. The highest BCUT2D eigenvalue weighted by Crippen LogP contribution is 2.40. The van der Waals surface area contributed by atoms with Crippen LogP contribution in [0.4, 0.5) is 5.69 Å². The van der Waals surface area contributed by atoms with E-state index >= 15 is 0 Å². The Morgan fingerprint density at radius 1 is 1.13 bits per heavy atom. The lowest BCUT2D eigenvalue weighted by atomic mass is 9.83. The van der Waals surface area contributed by atoms with Crippen LogP contribution in [0, 0.1) is 5.92 Å². The smallest absolute Gasteiger partial charge is 0.234 e. The number of thioether (sulfide) groups is 1. The van der Waals surface area contributed by atoms with Crippen molar-refractivity contribution < 1.29 is 4.79 Å². The molecule has 4 rings (SSSR count). The van der Waals surface area contributed by atoms with Crippen LogP contribution in [-0.4, -0.2) is 28.1 Å². The predicted molar refractivity (Wildman–Crippen MR) is 136 cm³/mol. The van der Waals surface area contributed by atoms with Crippen molar-refractivity contribution in [3.63, 3.8) is 0 Å². The lowest BCUT2D eigenvalue weighted by Gasteiger charge is -2.30. The second-order valence-electron chi connectivity index (χ2n) is 8.04. The van der Waals surface area contributed by atoms with Crippen molar-refractivity contribution in [2.45, 2.75) is 38.3 Å². The fourth-order valence-electron chi connectivity index (χ4n) is 3.82. The van der Waals surface area contributed by atoms with Crippen LogP contribution in [0.3, 0.4) is 0 Å². The molecule has 2 aromatic rings. The van der Waals surface area contributed by atoms with Gasteiger partial charge in [-0.1, -0.05) is 70.0 Å². The van der Waals surface area contributed by atoms with Crippen molar-refractivity contribution >= 4 is 73.2 Å². The van der Waals surface area contributed by atoms with Crippen molar-refractivity contribution in [3.05, 3.63) is 62.5 Å². The highest BCUT2D eigenvalue weighted by molar-refractivity contribution is 9.10. The van der Waals surface area contributed by atoms with Gasteiger partial charge in [-0.2, -0.15) is 0 Å². The van der Waals surface area contributed by atoms with Gasteiger partial charge in [0.1, 0.15) is 5.04 Å². The van der Waals surface area contributed by atoms with Crippen LogP contribution in [0.1, 0.15) is 38.2 Å². The third-order valence-electron chi connectivity index (χ3n) is 5.51. The van der Waals surface area contributed by atoms with Crippen LogP contribution in [-0.2, 0) is 4.79 Å². The van der Waals surface area contributed by atoms with E-state index in [0.717, 1.165) is 46.5 Å². The molecule has 1 N–H and O–H groups in total. The number of anilines is 1. The van der Waals surface area contributed by atoms with Gasteiger partial charge in [-0.3, -0.25) is 9.79 Å². The number of halogens is 3. The summed E-state index contributed by atoms with van der Waals surface area (Å²) in [6.07, 6.45) is 4.14. The number of carbonyl (C=O) groups excluding carboxylic acids is 1. The molecule has 1 aliphatic carbocycles. The van der Waals surface area contributed by atoms with Gasteiger partial charge in [0.15, 0.2) is 5.66 Å². The molecule has 1 amide bonds. The first kappa shape index (κ1) is 22.8. The topological polar surface area (TPSA) is 53.8 Å². The van der Waals surface area contributed by atoms with E-state index in [1.165, 1.54) is 11.8 Å². The Kier molecular flexibility index (Phi) is 7.11. The molecule has 1 saturated carbocycles. The first-order valence-corrected chi connectivity index (χ1v) is 12.7. The van der Waals surface area contributed by atoms with E-state index in [1.54, 1.807) is 18.2 Å². The average molecular weight is 539 g/mol. The second-order valence-corrected chi connectivity index (χ2v) is 10.8. The number of rotatable bonds is 4. The van der Waals surface area contributed by atoms with Crippen molar-refractivity contribution in [2.75, 3.05) is 11.1 Å². The van der Waals surface area contributed by atoms with Gasteiger partial charge in [-0.05, 0) is 61.9 Å². The van der Waals surface area contributed by atoms with Crippen LogP contribution in [0.2, 0.25) is 10.0 Å². The van der Waals surface area contributed by atoms with E-state index in [0.29, 0.717) is 21.7 Å². The molecule has 2 aromatic carbocycles. The van der Waals surface area contributed by atoms with E-state index < -0.39 is 0 Å². The van der Waals surface area contributed by atoms with Crippen molar-refractivity contribution in [2.24, 2.45) is 15.9 Å². The molecule has 8 heteroatoms. The number of nitrogens with one attached hydrogen (secondary N) is 1. The van der Waals surface area contributed by atoms with Gasteiger partial charge >= 0.3 is 0 Å². The van der Waals surface area contributed by atoms with Crippen LogP contribution >= 0.6 is 50.9 Å². The Morgan fingerprint density at radius 2 is 1.77 bits per heavy atom. The summed E-state index contributed by atoms with van der Waals surface area (Å²) >= 11 is 17.0. The van der Waals surface area contributed by atoms with Crippen molar-refractivity contribution in [3.8, 4) is 0 Å². The van der Waals surface area contributed by atoms with Crippen molar-refractivity contribution in [1.82, 2.24) is 0 Å². The summed E-state index contributed by atoms with van der Waals surface area (Å²) in [7, 11) is 0. The number of nitrogens with zero attached hydrogens (tertiary/aromatic N) is 2. The number of carbonyl (C=O) groups is 1. The summed E-state index contributed by atoms with van der Waals surface area (Å²) < 4.78 is 1.02. The van der Waals surface area contributed by atoms with Gasteiger partial charge in [0, 0.05) is 25.8 Å². The zero-order valence-electron chi connectivity index (χ0n) is 17.0. The Hall–Kier alpha value is -1.34. The quantitative estimate of drug-likeness (QED) is 0.446. The molecular formula is C23H22BrCl2N3OS. The molecule has 0 radical (unpaired) electrons. The Balaban J connectivity index is 1.51. The highest BCUT2D eigenvalue weighted by Gasteiger charge is 2.39. The van der Waals surface area contributed by atoms with Gasteiger partial charge in [-0.25, -0.2) is 4.99 Å². The van der Waals surface area contributed by atoms with E-state index in [4.69, 9.17) is 33.2 Å². The zero-order valence-corrected chi connectivity index (χ0v) is 20.9. The van der Waals surface area contributed by atoms with Gasteiger partial charge in [0.25, 0.3) is 0 Å². The minimum atomic E-state index is -0.381. The maximum absolute atomic E-state index is 12.6. The Bertz CT molecular complexity index is 1030. The Morgan fingerprint density at radius 3 is 2.42 bits per heavy atom. The standard InChI is InChI=1S/C23H22BrCl2N3OS/c1-14-6-8-23(9-7-14)28-21(15-2-4-16(24)5-3-15)22(29-23)31-13-20(30)27-19-11-17(25)10-18(26)12-19/h2-5,10-12,14H,6-9,13H2,1H3,(H,27,30).